The Morgan fingerprint density at radius 1 is 1.17 bits per heavy atom. The Kier molecular flexibility index (Phi) is 3.38. The first-order valence-corrected chi connectivity index (χ1v) is 7.97. The minimum atomic E-state index is 0.497. The third kappa shape index (κ3) is 2.20. The molecule has 0 aliphatic carbocycles. The van der Waals surface area contributed by atoms with Gasteiger partial charge in [-0.1, -0.05) is 18.5 Å². The Bertz CT molecular complexity index is 963. The molecule has 3 heterocycles. The molecular weight excluding hydrogens is 328 g/mol. The Balaban J connectivity index is 1.86. The van der Waals surface area contributed by atoms with E-state index in [9.17, 15) is 0 Å². The van der Waals surface area contributed by atoms with Crippen molar-refractivity contribution in [1.82, 2.24) is 19.6 Å². The van der Waals surface area contributed by atoms with Crippen molar-refractivity contribution < 1.29 is 4.74 Å². The van der Waals surface area contributed by atoms with Gasteiger partial charge in [-0.3, -0.25) is 4.40 Å². The van der Waals surface area contributed by atoms with E-state index in [1.54, 1.807) is 5.01 Å². The number of fused-ring (bicyclic) bond motifs is 2. The lowest BCUT2D eigenvalue weighted by Gasteiger charge is -2.25. The van der Waals surface area contributed by atoms with Crippen LogP contribution in [0.25, 0.3) is 5.78 Å². The summed E-state index contributed by atoms with van der Waals surface area (Å²) in [5, 5.41) is 15.1. The first-order chi connectivity index (χ1) is 11.6. The number of hydrazone groups is 1. The zero-order chi connectivity index (χ0) is 16.8. The van der Waals surface area contributed by atoms with E-state index in [4.69, 9.17) is 16.3 Å². The normalized spacial score (nSPS) is 13.7. The zero-order valence-corrected chi connectivity index (χ0v) is 14.2. The number of nitrogens with zero attached hydrogens (tertiary/aromatic N) is 6. The number of hydrogen-bond donors (Lipinski definition) is 0. The maximum absolute atomic E-state index is 6.06. The van der Waals surface area contributed by atoms with E-state index >= 15 is 0 Å². The molecule has 1 aromatic carbocycles. The number of halogens is 1. The molecule has 1 aliphatic heterocycles. The van der Waals surface area contributed by atoms with Gasteiger partial charge in [0.1, 0.15) is 5.82 Å². The van der Waals surface area contributed by atoms with Crippen molar-refractivity contribution in [2.45, 2.75) is 20.3 Å². The number of ether oxygens (including phenoxy) is 1. The molecule has 0 radical (unpaired) electrons. The molecule has 24 heavy (non-hydrogen) atoms. The summed E-state index contributed by atoms with van der Waals surface area (Å²) in [5.41, 5.74) is 1.74. The Morgan fingerprint density at radius 2 is 1.92 bits per heavy atom. The first-order valence-electron chi connectivity index (χ1n) is 7.59. The van der Waals surface area contributed by atoms with Crippen LogP contribution in [0.2, 0.25) is 5.02 Å². The van der Waals surface area contributed by atoms with E-state index < -0.39 is 0 Å². The molecule has 0 amide bonds. The second kappa shape index (κ2) is 5.45. The standard InChI is InChI=1S/C16H15ClN6O/c1-4-12-19-20-16-18-14-13(9(2)23(12)16)24-15(21-22(14)3)10-5-7-11(17)8-6-10/h5-8H,4H2,1-3H3. The molecule has 0 N–H and O–H groups in total. The van der Waals surface area contributed by atoms with Crippen molar-refractivity contribution in [3.63, 3.8) is 0 Å². The van der Waals surface area contributed by atoms with Crippen molar-refractivity contribution in [2.24, 2.45) is 5.10 Å². The van der Waals surface area contributed by atoms with Crippen molar-refractivity contribution in [3.05, 3.63) is 46.4 Å². The maximum atomic E-state index is 6.06. The average Bonchev–Trinajstić information content (AvgIpc) is 3.00. The summed E-state index contributed by atoms with van der Waals surface area (Å²) in [4.78, 5) is 4.53. The van der Waals surface area contributed by atoms with Crippen molar-refractivity contribution >= 4 is 29.1 Å². The van der Waals surface area contributed by atoms with E-state index in [-0.39, 0.29) is 0 Å². The zero-order valence-electron chi connectivity index (χ0n) is 13.5. The highest BCUT2D eigenvalue weighted by Crippen LogP contribution is 2.34. The van der Waals surface area contributed by atoms with Gasteiger partial charge >= 0.3 is 0 Å². The number of hydrogen-bond acceptors (Lipinski definition) is 6. The van der Waals surface area contributed by atoms with Crippen LogP contribution in [0.1, 0.15) is 24.0 Å². The smallest absolute Gasteiger partial charge is 0.257 e. The van der Waals surface area contributed by atoms with E-state index in [1.165, 1.54) is 0 Å². The highest BCUT2D eigenvalue weighted by molar-refractivity contribution is 6.30. The van der Waals surface area contributed by atoms with Crippen LogP contribution in [-0.4, -0.2) is 32.5 Å². The Morgan fingerprint density at radius 3 is 2.62 bits per heavy atom. The second-order valence-corrected chi connectivity index (χ2v) is 5.93. The molecule has 0 saturated heterocycles. The molecule has 0 unspecified atom stereocenters. The lowest BCUT2D eigenvalue weighted by atomic mass is 10.2. The SMILES string of the molecule is CCc1nnc2nc3c(c(C)n12)OC(c1ccc(Cl)cc1)=NN3C. The molecular formula is C16H15ClN6O. The van der Waals surface area contributed by atoms with Crippen LogP contribution in [0, 0.1) is 6.92 Å². The molecule has 0 saturated carbocycles. The molecule has 0 bridgehead atoms. The Hall–Kier alpha value is -2.67. The maximum Gasteiger partial charge on any atom is 0.257 e. The van der Waals surface area contributed by atoms with Gasteiger partial charge in [0.05, 0.1) is 5.69 Å². The van der Waals surface area contributed by atoms with Gasteiger partial charge in [-0.05, 0) is 31.2 Å². The van der Waals surface area contributed by atoms with Gasteiger partial charge in [-0.15, -0.1) is 15.3 Å². The fourth-order valence-corrected chi connectivity index (χ4v) is 2.84. The van der Waals surface area contributed by atoms with Gasteiger partial charge in [0.15, 0.2) is 11.6 Å². The quantitative estimate of drug-likeness (QED) is 0.716. The summed E-state index contributed by atoms with van der Waals surface area (Å²) in [6, 6.07) is 7.36. The number of aryl methyl sites for hydroxylation is 2. The summed E-state index contributed by atoms with van der Waals surface area (Å²) >= 11 is 5.95. The highest BCUT2D eigenvalue weighted by Gasteiger charge is 2.26. The van der Waals surface area contributed by atoms with Gasteiger partial charge in [-0.25, -0.2) is 5.01 Å². The molecule has 7 nitrogen and oxygen atoms in total. The van der Waals surface area contributed by atoms with Crippen LogP contribution in [0.3, 0.4) is 0 Å². The molecule has 8 heteroatoms. The van der Waals surface area contributed by atoms with Gasteiger partial charge in [0.2, 0.25) is 5.90 Å². The predicted molar refractivity (Wildman–Crippen MR) is 91.9 cm³/mol. The van der Waals surface area contributed by atoms with Crippen molar-refractivity contribution in [3.8, 4) is 5.75 Å². The van der Waals surface area contributed by atoms with E-state index in [1.807, 2.05) is 49.6 Å². The third-order valence-corrected chi connectivity index (χ3v) is 4.19. The fraction of sp³-hybridized carbons (Fsp3) is 0.250. The van der Waals surface area contributed by atoms with E-state index in [0.29, 0.717) is 28.3 Å². The topological polar surface area (TPSA) is 67.9 Å². The van der Waals surface area contributed by atoms with Crippen LogP contribution < -0.4 is 9.75 Å². The average molecular weight is 343 g/mol. The summed E-state index contributed by atoms with van der Waals surface area (Å²) in [6.07, 6.45) is 0.760. The van der Waals surface area contributed by atoms with Gasteiger partial charge in [0.25, 0.3) is 5.78 Å². The number of benzene rings is 1. The lowest BCUT2D eigenvalue weighted by Crippen LogP contribution is -2.26. The number of rotatable bonds is 2. The summed E-state index contributed by atoms with van der Waals surface area (Å²) < 4.78 is 7.98. The molecule has 0 fully saturated rings. The van der Waals surface area contributed by atoms with Crippen LogP contribution in [0.15, 0.2) is 29.4 Å². The Labute approximate surface area is 143 Å². The van der Waals surface area contributed by atoms with E-state index in [2.05, 4.69) is 20.3 Å². The van der Waals surface area contributed by atoms with Crippen molar-refractivity contribution in [1.29, 1.82) is 0 Å². The molecule has 122 valence electrons. The summed E-state index contributed by atoms with van der Waals surface area (Å²) in [6.45, 7) is 4.00. The van der Waals surface area contributed by atoms with Crippen LogP contribution in [0.5, 0.6) is 5.75 Å². The van der Waals surface area contributed by atoms with Gasteiger partial charge < -0.3 is 4.74 Å². The summed E-state index contributed by atoms with van der Waals surface area (Å²) in [5.74, 6) is 3.16. The molecule has 2 aromatic heterocycles. The summed E-state index contributed by atoms with van der Waals surface area (Å²) in [7, 11) is 1.83. The number of aromatic nitrogens is 4. The monoisotopic (exact) mass is 342 g/mol. The molecule has 0 spiro atoms. The van der Waals surface area contributed by atoms with E-state index in [0.717, 1.165) is 23.5 Å². The molecule has 3 aromatic rings. The third-order valence-electron chi connectivity index (χ3n) is 3.94. The van der Waals surface area contributed by atoms with Crippen molar-refractivity contribution in [2.75, 3.05) is 12.1 Å². The lowest BCUT2D eigenvalue weighted by molar-refractivity contribution is 0.517. The molecule has 4 rings (SSSR count). The predicted octanol–water partition coefficient (Wildman–Crippen LogP) is 2.84. The number of anilines is 1. The largest absolute Gasteiger partial charge is 0.431 e. The molecule has 0 atom stereocenters. The second-order valence-electron chi connectivity index (χ2n) is 5.49. The van der Waals surface area contributed by atoms with Gasteiger partial charge in [0, 0.05) is 24.1 Å². The minimum absolute atomic E-state index is 0.497. The minimum Gasteiger partial charge on any atom is -0.431 e. The van der Waals surface area contributed by atoms with Crippen LogP contribution in [-0.2, 0) is 6.42 Å². The highest BCUT2D eigenvalue weighted by atomic mass is 35.5. The molecule has 1 aliphatic rings. The van der Waals surface area contributed by atoms with Gasteiger partial charge in [-0.2, -0.15) is 4.98 Å². The van der Waals surface area contributed by atoms with Crippen LogP contribution >= 0.6 is 11.6 Å². The van der Waals surface area contributed by atoms with Crippen LogP contribution in [0.4, 0.5) is 5.82 Å². The fourth-order valence-electron chi connectivity index (χ4n) is 2.71. The first kappa shape index (κ1) is 14.9.